The zero-order chi connectivity index (χ0) is 40.8. The first kappa shape index (κ1) is 52.3. The molecule has 0 rings (SSSR count). The molecule has 0 fully saturated rings. The van der Waals surface area contributed by atoms with Gasteiger partial charge in [-0.05, 0) is 57.8 Å². The van der Waals surface area contributed by atoms with E-state index in [1.54, 1.807) is 0 Å². The normalized spacial score (nSPS) is 13.0. The highest BCUT2D eigenvalue weighted by molar-refractivity contribution is 5.71. The lowest BCUT2D eigenvalue weighted by Gasteiger charge is -2.18. The SMILES string of the molecule is CC\C=C/C=C\C=C/C=C\CCCCCC(=O)OCC(COC(=O)CCCCCCCCCCCCCC)OC(=O)CCCCC\C=C/C=C\C=C/C=C\CC. The Bertz CT molecular complexity index is 1170. The van der Waals surface area contributed by atoms with Crippen molar-refractivity contribution in [3.8, 4) is 0 Å². The lowest BCUT2D eigenvalue weighted by molar-refractivity contribution is -0.167. The third-order valence-corrected chi connectivity index (χ3v) is 9.02. The van der Waals surface area contributed by atoms with E-state index in [1.165, 1.54) is 57.8 Å². The van der Waals surface area contributed by atoms with Gasteiger partial charge in [-0.1, -0.05) is 201 Å². The molecule has 0 aliphatic heterocycles. The van der Waals surface area contributed by atoms with Crippen molar-refractivity contribution in [3.05, 3.63) is 97.2 Å². The van der Waals surface area contributed by atoms with Gasteiger partial charge in [-0.25, -0.2) is 0 Å². The highest BCUT2D eigenvalue weighted by Gasteiger charge is 2.19. The van der Waals surface area contributed by atoms with Gasteiger partial charge in [0.05, 0.1) is 0 Å². The Morgan fingerprint density at radius 3 is 1.09 bits per heavy atom. The number of unbranched alkanes of at least 4 members (excludes halogenated alkanes) is 17. The highest BCUT2D eigenvalue weighted by atomic mass is 16.6. The minimum atomic E-state index is -0.811. The van der Waals surface area contributed by atoms with Crippen molar-refractivity contribution in [2.75, 3.05) is 13.2 Å². The minimum absolute atomic E-state index is 0.107. The Balaban J connectivity index is 4.54. The van der Waals surface area contributed by atoms with Gasteiger partial charge < -0.3 is 14.2 Å². The first-order valence-electron chi connectivity index (χ1n) is 22.3. The van der Waals surface area contributed by atoms with Gasteiger partial charge in [-0.2, -0.15) is 0 Å². The molecule has 0 aromatic rings. The van der Waals surface area contributed by atoms with Crippen LogP contribution in [0.3, 0.4) is 0 Å². The van der Waals surface area contributed by atoms with Crippen LogP contribution < -0.4 is 0 Å². The standard InChI is InChI=1S/C50H80O6/c1-4-7-10-13-16-19-22-25-28-31-34-37-40-43-49(52)55-46-47(45-54-48(51)42-39-36-33-30-27-24-21-18-15-12-9-6-3)56-50(53)44-41-38-35-32-29-26-23-20-17-14-11-8-5-2/h7-8,10-11,13-14,16-17,19-20,22-23,25-26,28-29,47H,4-6,9,12,15,18,21,24,27,30-46H2,1-3H3/b10-7-,11-8-,16-13-,17-14-,22-19-,23-20-,28-25-,29-26-. The molecule has 0 aromatic heterocycles. The lowest BCUT2D eigenvalue weighted by atomic mass is 10.0. The van der Waals surface area contributed by atoms with Crippen LogP contribution in [0.1, 0.15) is 181 Å². The molecule has 0 bridgehead atoms. The summed E-state index contributed by atoms with van der Waals surface area (Å²) in [5, 5.41) is 0. The molecule has 0 spiro atoms. The van der Waals surface area contributed by atoms with Crippen LogP contribution in [0.15, 0.2) is 97.2 Å². The smallest absolute Gasteiger partial charge is 0.306 e. The molecule has 0 heterocycles. The van der Waals surface area contributed by atoms with Crippen LogP contribution >= 0.6 is 0 Å². The molecular formula is C50H80O6. The van der Waals surface area contributed by atoms with Crippen molar-refractivity contribution in [2.45, 2.75) is 187 Å². The molecule has 0 aliphatic rings. The second-order valence-electron chi connectivity index (χ2n) is 14.4. The summed E-state index contributed by atoms with van der Waals surface area (Å²) in [5.41, 5.74) is 0. The minimum Gasteiger partial charge on any atom is -0.462 e. The molecule has 316 valence electrons. The van der Waals surface area contributed by atoms with Crippen LogP contribution in [0, 0.1) is 0 Å². The number of esters is 3. The van der Waals surface area contributed by atoms with Crippen molar-refractivity contribution in [3.63, 3.8) is 0 Å². The Kier molecular flexibility index (Phi) is 41.2. The molecule has 1 atom stereocenters. The zero-order valence-corrected chi connectivity index (χ0v) is 35.9. The molecule has 0 saturated carbocycles. The van der Waals surface area contributed by atoms with Gasteiger partial charge in [0.2, 0.25) is 0 Å². The number of ether oxygens (including phenoxy) is 3. The van der Waals surface area contributed by atoms with Gasteiger partial charge in [0.25, 0.3) is 0 Å². The fourth-order valence-corrected chi connectivity index (χ4v) is 5.70. The van der Waals surface area contributed by atoms with Crippen LogP contribution in [-0.2, 0) is 28.6 Å². The summed E-state index contributed by atoms with van der Waals surface area (Å²) in [6.07, 6.45) is 56.7. The van der Waals surface area contributed by atoms with Gasteiger partial charge in [0.15, 0.2) is 6.10 Å². The monoisotopic (exact) mass is 777 g/mol. The first-order chi connectivity index (χ1) is 27.5. The second-order valence-corrected chi connectivity index (χ2v) is 14.4. The molecule has 0 saturated heterocycles. The van der Waals surface area contributed by atoms with Gasteiger partial charge in [-0.15, -0.1) is 0 Å². The van der Waals surface area contributed by atoms with E-state index in [2.05, 4.69) is 45.1 Å². The van der Waals surface area contributed by atoms with E-state index in [0.29, 0.717) is 19.3 Å². The molecule has 0 N–H and O–H groups in total. The predicted octanol–water partition coefficient (Wildman–Crippen LogP) is 14.2. The Morgan fingerprint density at radius 2 is 0.696 bits per heavy atom. The third kappa shape index (κ3) is 41.5. The second kappa shape index (κ2) is 44.0. The van der Waals surface area contributed by atoms with Gasteiger partial charge in [0.1, 0.15) is 13.2 Å². The van der Waals surface area contributed by atoms with Crippen molar-refractivity contribution in [1.29, 1.82) is 0 Å². The van der Waals surface area contributed by atoms with E-state index in [9.17, 15) is 14.4 Å². The average molecular weight is 777 g/mol. The molecule has 0 amide bonds. The zero-order valence-electron chi connectivity index (χ0n) is 35.9. The first-order valence-corrected chi connectivity index (χ1v) is 22.3. The van der Waals surface area contributed by atoms with Crippen molar-refractivity contribution in [2.24, 2.45) is 0 Å². The summed E-state index contributed by atoms with van der Waals surface area (Å²) in [6.45, 7) is 6.25. The quantitative estimate of drug-likeness (QED) is 0.0269. The molecule has 6 nitrogen and oxygen atoms in total. The maximum Gasteiger partial charge on any atom is 0.306 e. The fourth-order valence-electron chi connectivity index (χ4n) is 5.70. The van der Waals surface area contributed by atoms with E-state index in [-0.39, 0.29) is 37.5 Å². The van der Waals surface area contributed by atoms with E-state index < -0.39 is 6.10 Å². The van der Waals surface area contributed by atoms with Crippen LogP contribution in [0.4, 0.5) is 0 Å². The van der Waals surface area contributed by atoms with Crippen molar-refractivity contribution >= 4 is 17.9 Å². The molecular weight excluding hydrogens is 697 g/mol. The molecule has 6 heteroatoms. The van der Waals surface area contributed by atoms with E-state index in [1.807, 2.05) is 72.9 Å². The number of hydrogen-bond donors (Lipinski definition) is 0. The fraction of sp³-hybridized carbons (Fsp3) is 0.620. The Labute approximate surface area is 343 Å². The van der Waals surface area contributed by atoms with Crippen LogP contribution in [0.2, 0.25) is 0 Å². The summed E-state index contributed by atoms with van der Waals surface area (Å²) in [7, 11) is 0. The summed E-state index contributed by atoms with van der Waals surface area (Å²) >= 11 is 0. The molecule has 56 heavy (non-hydrogen) atoms. The van der Waals surface area contributed by atoms with Gasteiger partial charge in [0, 0.05) is 19.3 Å². The van der Waals surface area contributed by atoms with Crippen LogP contribution in [0.5, 0.6) is 0 Å². The predicted molar refractivity (Wildman–Crippen MR) is 237 cm³/mol. The molecule has 1 unspecified atom stereocenters. The molecule has 0 aliphatic carbocycles. The summed E-state index contributed by atoms with van der Waals surface area (Å²) in [4.78, 5) is 37.7. The highest BCUT2D eigenvalue weighted by Crippen LogP contribution is 2.13. The van der Waals surface area contributed by atoms with Gasteiger partial charge >= 0.3 is 17.9 Å². The maximum atomic E-state index is 12.7. The van der Waals surface area contributed by atoms with Crippen LogP contribution in [0.25, 0.3) is 0 Å². The molecule has 0 aromatic carbocycles. The topological polar surface area (TPSA) is 78.9 Å². The number of carbonyl (C=O) groups is 3. The Hall–Kier alpha value is -3.67. The number of carbonyl (C=O) groups excluding carboxylic acids is 3. The van der Waals surface area contributed by atoms with Crippen molar-refractivity contribution < 1.29 is 28.6 Å². The average Bonchev–Trinajstić information content (AvgIpc) is 3.19. The molecule has 0 radical (unpaired) electrons. The number of allylic oxidation sites excluding steroid dienone is 16. The number of rotatable bonds is 38. The summed E-state index contributed by atoms with van der Waals surface area (Å²) in [6, 6.07) is 0. The maximum absolute atomic E-state index is 12.7. The van der Waals surface area contributed by atoms with Crippen LogP contribution in [-0.4, -0.2) is 37.2 Å². The van der Waals surface area contributed by atoms with E-state index >= 15 is 0 Å². The van der Waals surface area contributed by atoms with Gasteiger partial charge in [-0.3, -0.25) is 14.4 Å². The van der Waals surface area contributed by atoms with E-state index in [0.717, 1.165) is 77.0 Å². The number of hydrogen-bond acceptors (Lipinski definition) is 6. The summed E-state index contributed by atoms with van der Waals surface area (Å²) in [5.74, 6) is -0.997. The third-order valence-electron chi connectivity index (χ3n) is 9.02. The lowest BCUT2D eigenvalue weighted by Crippen LogP contribution is -2.30. The Morgan fingerprint density at radius 1 is 0.375 bits per heavy atom. The van der Waals surface area contributed by atoms with Crippen molar-refractivity contribution in [1.82, 2.24) is 0 Å². The largest absolute Gasteiger partial charge is 0.462 e. The van der Waals surface area contributed by atoms with E-state index in [4.69, 9.17) is 14.2 Å². The summed E-state index contributed by atoms with van der Waals surface area (Å²) < 4.78 is 16.6.